The molecule has 1 aromatic rings. The highest BCUT2D eigenvalue weighted by Crippen LogP contribution is 2.18. The lowest BCUT2D eigenvalue weighted by atomic mass is 10.1. The maximum Gasteiger partial charge on any atom is 0.322 e. The molecule has 4 amide bonds. The molecule has 146 valence electrons. The molecule has 27 heavy (non-hydrogen) atoms. The van der Waals surface area contributed by atoms with Crippen LogP contribution in [-0.2, 0) is 14.8 Å². The Balaban J connectivity index is 1.63. The third-order valence-electron chi connectivity index (χ3n) is 4.60. The molecule has 2 aliphatic rings. The van der Waals surface area contributed by atoms with E-state index in [0.29, 0.717) is 10.6 Å². The fraction of sp³-hybridized carbons (Fsp3) is 0.438. The number of urea groups is 1. The first kappa shape index (κ1) is 19.6. The quantitative estimate of drug-likeness (QED) is 0.674. The van der Waals surface area contributed by atoms with Gasteiger partial charge in [-0.05, 0) is 31.2 Å². The summed E-state index contributed by atoms with van der Waals surface area (Å²) in [5.74, 6) is -1.41. The number of carbonyl (C=O) groups is 3. The van der Waals surface area contributed by atoms with Crippen molar-refractivity contribution in [2.75, 3.05) is 31.9 Å². The van der Waals surface area contributed by atoms with E-state index in [1.54, 1.807) is 29.2 Å². The van der Waals surface area contributed by atoms with Crippen LogP contribution in [0.1, 0.15) is 17.3 Å². The van der Waals surface area contributed by atoms with Gasteiger partial charge >= 0.3 is 6.03 Å². The molecule has 1 atom stereocenters. The second kappa shape index (κ2) is 7.10. The predicted octanol–water partition coefficient (Wildman–Crippen LogP) is 0.0257. The minimum Gasteiger partial charge on any atom is -0.336 e. The Morgan fingerprint density at radius 1 is 1.15 bits per heavy atom. The van der Waals surface area contributed by atoms with Gasteiger partial charge in [0.2, 0.25) is 10.0 Å². The standard InChI is InChI=1S/C16H19ClN4O5S/c1-16(14(23)18-15(24)19-16)10-27(25,26)21-8-6-20(7-9-21)13(22)11-2-4-12(17)5-3-11/h2-5H,6-10H2,1H3,(H2,18,19,23,24)/t16-/m1/s1. The number of hydrogen-bond donors (Lipinski definition) is 2. The molecule has 0 unspecified atom stereocenters. The highest BCUT2D eigenvalue weighted by atomic mass is 35.5. The van der Waals surface area contributed by atoms with Crippen molar-refractivity contribution in [1.82, 2.24) is 19.8 Å². The Morgan fingerprint density at radius 2 is 1.74 bits per heavy atom. The lowest BCUT2D eigenvalue weighted by Crippen LogP contribution is -2.56. The Hall–Kier alpha value is -2.17. The highest BCUT2D eigenvalue weighted by molar-refractivity contribution is 7.89. The zero-order valence-electron chi connectivity index (χ0n) is 14.6. The summed E-state index contributed by atoms with van der Waals surface area (Å²) in [5, 5.41) is 4.92. The van der Waals surface area contributed by atoms with Crippen molar-refractivity contribution in [2.45, 2.75) is 12.5 Å². The van der Waals surface area contributed by atoms with Gasteiger partial charge in [-0.25, -0.2) is 13.2 Å². The first-order valence-corrected chi connectivity index (χ1v) is 10.3. The third-order valence-corrected chi connectivity index (χ3v) is 6.95. The van der Waals surface area contributed by atoms with Crippen molar-refractivity contribution >= 4 is 39.5 Å². The van der Waals surface area contributed by atoms with Gasteiger partial charge in [0.1, 0.15) is 5.54 Å². The van der Waals surface area contributed by atoms with Crippen molar-refractivity contribution in [1.29, 1.82) is 0 Å². The second-order valence-corrected chi connectivity index (χ2v) is 9.10. The number of nitrogens with one attached hydrogen (secondary N) is 2. The molecule has 1 aromatic carbocycles. The van der Waals surface area contributed by atoms with Crippen LogP contribution in [0, 0.1) is 0 Å². The van der Waals surface area contributed by atoms with Gasteiger partial charge in [-0.2, -0.15) is 4.31 Å². The average Bonchev–Trinajstić information content (AvgIpc) is 2.86. The monoisotopic (exact) mass is 414 g/mol. The van der Waals surface area contributed by atoms with Gasteiger partial charge in [-0.1, -0.05) is 11.6 Å². The predicted molar refractivity (Wildman–Crippen MR) is 97.8 cm³/mol. The van der Waals surface area contributed by atoms with Gasteiger partial charge in [0.05, 0.1) is 5.75 Å². The molecule has 0 aromatic heterocycles. The van der Waals surface area contributed by atoms with E-state index < -0.39 is 33.3 Å². The fourth-order valence-corrected chi connectivity index (χ4v) is 5.04. The van der Waals surface area contributed by atoms with Gasteiger partial charge in [0.25, 0.3) is 11.8 Å². The first-order valence-electron chi connectivity index (χ1n) is 8.27. The van der Waals surface area contributed by atoms with Crippen LogP contribution in [0.25, 0.3) is 0 Å². The number of halogens is 1. The molecular weight excluding hydrogens is 396 g/mol. The number of benzene rings is 1. The molecule has 0 aliphatic carbocycles. The molecule has 2 saturated heterocycles. The smallest absolute Gasteiger partial charge is 0.322 e. The summed E-state index contributed by atoms with van der Waals surface area (Å²) in [6.45, 7) is 2.07. The molecular formula is C16H19ClN4O5S. The van der Waals surface area contributed by atoms with Gasteiger partial charge < -0.3 is 10.2 Å². The van der Waals surface area contributed by atoms with E-state index in [1.165, 1.54) is 11.2 Å². The molecule has 0 radical (unpaired) electrons. The fourth-order valence-electron chi connectivity index (χ4n) is 3.08. The lowest BCUT2D eigenvalue weighted by molar-refractivity contribution is -0.122. The van der Waals surface area contributed by atoms with Gasteiger partial charge in [-0.3, -0.25) is 14.9 Å². The number of rotatable bonds is 4. The summed E-state index contributed by atoms with van der Waals surface area (Å²) in [4.78, 5) is 37.2. The highest BCUT2D eigenvalue weighted by Gasteiger charge is 2.46. The molecule has 11 heteroatoms. The largest absolute Gasteiger partial charge is 0.336 e. The minimum atomic E-state index is -3.80. The zero-order chi connectivity index (χ0) is 19.8. The van der Waals surface area contributed by atoms with E-state index in [-0.39, 0.29) is 32.1 Å². The van der Waals surface area contributed by atoms with E-state index >= 15 is 0 Å². The molecule has 2 N–H and O–H groups in total. The Labute approximate surface area is 161 Å². The SMILES string of the molecule is C[C@]1(CS(=O)(=O)N2CCN(C(=O)c3ccc(Cl)cc3)CC2)NC(=O)NC1=O. The topological polar surface area (TPSA) is 116 Å². The minimum absolute atomic E-state index is 0.118. The van der Waals surface area contributed by atoms with E-state index in [4.69, 9.17) is 11.6 Å². The summed E-state index contributed by atoms with van der Waals surface area (Å²) in [7, 11) is -3.80. The van der Waals surface area contributed by atoms with Gasteiger partial charge in [0.15, 0.2) is 0 Å². The van der Waals surface area contributed by atoms with Crippen LogP contribution in [0.3, 0.4) is 0 Å². The van der Waals surface area contributed by atoms with E-state index in [2.05, 4.69) is 5.32 Å². The van der Waals surface area contributed by atoms with Crippen molar-refractivity contribution in [2.24, 2.45) is 0 Å². The number of hydrogen-bond acceptors (Lipinski definition) is 5. The first-order chi connectivity index (χ1) is 12.6. The number of carbonyl (C=O) groups excluding carboxylic acids is 3. The van der Waals surface area contributed by atoms with Crippen LogP contribution in [-0.4, -0.2) is 72.9 Å². The maximum atomic E-state index is 12.7. The Morgan fingerprint density at radius 3 is 2.26 bits per heavy atom. The maximum absolute atomic E-state index is 12.7. The molecule has 0 saturated carbocycles. The second-order valence-electron chi connectivity index (χ2n) is 6.69. The molecule has 3 rings (SSSR count). The van der Waals surface area contributed by atoms with Crippen molar-refractivity contribution < 1.29 is 22.8 Å². The van der Waals surface area contributed by atoms with Crippen LogP contribution in [0.2, 0.25) is 5.02 Å². The summed E-state index contributed by atoms with van der Waals surface area (Å²) in [6.07, 6.45) is 0. The van der Waals surface area contributed by atoms with Crippen LogP contribution >= 0.6 is 11.6 Å². The van der Waals surface area contributed by atoms with Crippen LogP contribution in [0.4, 0.5) is 4.79 Å². The van der Waals surface area contributed by atoms with Crippen molar-refractivity contribution in [3.05, 3.63) is 34.9 Å². The summed E-state index contributed by atoms with van der Waals surface area (Å²) >= 11 is 5.82. The van der Waals surface area contributed by atoms with Crippen molar-refractivity contribution in [3.8, 4) is 0 Å². The normalized spacial score (nSPS) is 23.9. The number of sulfonamides is 1. The average molecular weight is 415 g/mol. The summed E-state index contributed by atoms with van der Waals surface area (Å²) in [6, 6.07) is 5.77. The Bertz CT molecular complexity index is 881. The van der Waals surface area contributed by atoms with Crippen LogP contribution < -0.4 is 10.6 Å². The van der Waals surface area contributed by atoms with Gasteiger partial charge in [-0.15, -0.1) is 0 Å². The van der Waals surface area contributed by atoms with E-state index in [1.807, 2.05) is 5.32 Å². The molecule has 2 aliphatic heterocycles. The van der Waals surface area contributed by atoms with E-state index in [9.17, 15) is 22.8 Å². The third kappa shape index (κ3) is 4.07. The molecule has 2 fully saturated rings. The van der Waals surface area contributed by atoms with E-state index in [0.717, 1.165) is 0 Å². The number of amides is 4. The van der Waals surface area contributed by atoms with Gasteiger partial charge in [0, 0.05) is 36.8 Å². The summed E-state index contributed by atoms with van der Waals surface area (Å²) < 4.78 is 26.6. The number of nitrogens with zero attached hydrogens (tertiary/aromatic N) is 2. The number of imide groups is 1. The summed E-state index contributed by atoms with van der Waals surface area (Å²) in [5.41, 5.74) is -1.03. The Kier molecular flexibility index (Phi) is 5.15. The lowest BCUT2D eigenvalue weighted by Gasteiger charge is -2.35. The zero-order valence-corrected chi connectivity index (χ0v) is 16.1. The molecule has 0 spiro atoms. The molecule has 2 heterocycles. The molecule has 9 nitrogen and oxygen atoms in total. The van der Waals surface area contributed by atoms with Crippen molar-refractivity contribution in [3.63, 3.8) is 0 Å². The number of piperazine rings is 1. The van der Waals surface area contributed by atoms with Crippen LogP contribution in [0.5, 0.6) is 0 Å². The molecule has 0 bridgehead atoms. The van der Waals surface area contributed by atoms with Crippen LogP contribution in [0.15, 0.2) is 24.3 Å².